The highest BCUT2D eigenvalue weighted by Gasteiger charge is 1.92. The van der Waals surface area contributed by atoms with E-state index in [2.05, 4.69) is 16.2 Å². The van der Waals surface area contributed by atoms with Gasteiger partial charge in [-0.1, -0.05) is 5.16 Å². The number of rotatable bonds is 2. The summed E-state index contributed by atoms with van der Waals surface area (Å²) >= 11 is 0. The summed E-state index contributed by atoms with van der Waals surface area (Å²) in [5.74, 6) is -0.0891. The number of hydrogen-bond donors (Lipinski definition) is 4. The third-order valence-corrected chi connectivity index (χ3v) is 0.572. The molecule has 0 heterocycles. The van der Waals surface area contributed by atoms with Crippen molar-refractivity contribution in [3.63, 3.8) is 0 Å². The molecule has 0 aromatic heterocycles. The number of primary amides is 1. The minimum Gasteiger partial charge on any atom is -0.409 e. The summed E-state index contributed by atoms with van der Waals surface area (Å²) in [4.78, 5) is 9.94. The maximum absolute atomic E-state index is 9.94. The maximum atomic E-state index is 9.94. The van der Waals surface area contributed by atoms with Crippen molar-refractivity contribution < 1.29 is 10.0 Å². The fourth-order valence-corrected chi connectivity index (χ4v) is 0.213. The molecule has 9 heavy (non-hydrogen) atoms. The minimum absolute atomic E-state index is 0.0359. The highest BCUT2D eigenvalue weighted by atomic mass is 16.4. The summed E-state index contributed by atoms with van der Waals surface area (Å²) in [7, 11) is 0. The van der Waals surface area contributed by atoms with Gasteiger partial charge in [-0.05, 0) is 0 Å². The molecule has 0 rings (SSSR count). The highest BCUT2D eigenvalue weighted by molar-refractivity contribution is 5.85. The van der Waals surface area contributed by atoms with Crippen molar-refractivity contribution in [3.8, 4) is 0 Å². The third-order valence-electron chi connectivity index (χ3n) is 0.572. The molecule has 52 valence electrons. The van der Waals surface area contributed by atoms with Crippen molar-refractivity contribution in [2.24, 2.45) is 16.6 Å². The summed E-state index contributed by atoms with van der Waals surface area (Å²) in [6, 6.07) is -0.707. The van der Waals surface area contributed by atoms with Gasteiger partial charge in [-0.15, -0.1) is 0 Å². The predicted octanol–water partition coefficient (Wildman–Crippen LogP) is -1.60. The molecular formula is C3H8N4O2. The van der Waals surface area contributed by atoms with Gasteiger partial charge < -0.3 is 22.0 Å². The summed E-state index contributed by atoms with van der Waals surface area (Å²) in [6.45, 7) is -0.0359. The molecule has 0 bridgehead atoms. The van der Waals surface area contributed by atoms with Crippen LogP contribution >= 0.6 is 0 Å². The van der Waals surface area contributed by atoms with E-state index in [0.717, 1.165) is 0 Å². The van der Waals surface area contributed by atoms with E-state index in [1.54, 1.807) is 0 Å². The zero-order chi connectivity index (χ0) is 7.28. The fraction of sp³-hybridized carbons (Fsp3) is 0.333. The van der Waals surface area contributed by atoms with Crippen LogP contribution in [0.2, 0.25) is 0 Å². The van der Waals surface area contributed by atoms with Gasteiger partial charge in [0.1, 0.15) is 0 Å². The first-order valence-electron chi connectivity index (χ1n) is 2.16. The van der Waals surface area contributed by atoms with E-state index < -0.39 is 6.03 Å². The molecule has 0 aromatic carbocycles. The Kier molecular flexibility index (Phi) is 2.96. The van der Waals surface area contributed by atoms with Gasteiger partial charge in [0.2, 0.25) is 0 Å². The Bertz CT molecular complexity index is 132. The Morgan fingerprint density at radius 1 is 1.67 bits per heavy atom. The Hall–Kier alpha value is -1.46. The molecular weight excluding hydrogens is 124 g/mol. The summed E-state index contributed by atoms with van der Waals surface area (Å²) in [5, 5.41) is 12.6. The molecule has 0 aliphatic heterocycles. The van der Waals surface area contributed by atoms with Crippen LogP contribution in [0.5, 0.6) is 0 Å². The van der Waals surface area contributed by atoms with Crippen molar-refractivity contribution in [1.29, 1.82) is 0 Å². The number of amides is 2. The molecule has 0 spiro atoms. The van der Waals surface area contributed by atoms with Crippen LogP contribution in [0.25, 0.3) is 0 Å². The number of amidine groups is 1. The van der Waals surface area contributed by atoms with E-state index in [-0.39, 0.29) is 12.4 Å². The van der Waals surface area contributed by atoms with Crippen molar-refractivity contribution in [3.05, 3.63) is 0 Å². The number of nitrogens with zero attached hydrogens (tertiary/aromatic N) is 1. The first-order valence-corrected chi connectivity index (χ1v) is 2.16. The van der Waals surface area contributed by atoms with Crippen LogP contribution in [-0.2, 0) is 0 Å². The number of nitrogens with one attached hydrogen (secondary N) is 1. The molecule has 0 aliphatic carbocycles. The van der Waals surface area contributed by atoms with Gasteiger partial charge in [-0.2, -0.15) is 0 Å². The van der Waals surface area contributed by atoms with Crippen molar-refractivity contribution in [2.45, 2.75) is 0 Å². The smallest absolute Gasteiger partial charge is 0.312 e. The lowest BCUT2D eigenvalue weighted by Gasteiger charge is -1.96. The number of carbonyl (C=O) groups is 1. The van der Waals surface area contributed by atoms with Gasteiger partial charge in [0.25, 0.3) is 0 Å². The molecule has 6 N–H and O–H groups in total. The Labute approximate surface area is 51.5 Å². The topological polar surface area (TPSA) is 114 Å². The van der Waals surface area contributed by atoms with Crippen LogP contribution in [0.3, 0.4) is 0 Å². The van der Waals surface area contributed by atoms with Crippen molar-refractivity contribution in [2.75, 3.05) is 6.54 Å². The second-order valence-corrected chi connectivity index (χ2v) is 1.31. The van der Waals surface area contributed by atoms with E-state index >= 15 is 0 Å². The van der Waals surface area contributed by atoms with Crippen LogP contribution in [0.15, 0.2) is 5.16 Å². The quantitative estimate of drug-likeness (QED) is 0.157. The largest absolute Gasteiger partial charge is 0.409 e. The number of hydrogen-bond acceptors (Lipinski definition) is 3. The normalized spacial score (nSPS) is 10.9. The first kappa shape index (κ1) is 7.54. The monoisotopic (exact) mass is 132 g/mol. The lowest BCUT2D eigenvalue weighted by Crippen LogP contribution is -2.36. The zero-order valence-electron chi connectivity index (χ0n) is 4.66. The number of oxime groups is 1. The second-order valence-electron chi connectivity index (χ2n) is 1.31. The van der Waals surface area contributed by atoms with Crippen LogP contribution in [-0.4, -0.2) is 23.6 Å². The lowest BCUT2D eigenvalue weighted by atomic mass is 10.6. The van der Waals surface area contributed by atoms with Gasteiger partial charge >= 0.3 is 6.03 Å². The average molecular weight is 132 g/mol. The minimum atomic E-state index is -0.707. The van der Waals surface area contributed by atoms with Crippen LogP contribution in [0.1, 0.15) is 0 Å². The number of nitrogens with two attached hydrogens (primary N) is 2. The second kappa shape index (κ2) is 3.53. The van der Waals surface area contributed by atoms with Gasteiger partial charge in [0.05, 0.1) is 6.54 Å². The van der Waals surface area contributed by atoms with E-state index in [0.29, 0.717) is 0 Å². The zero-order valence-corrected chi connectivity index (χ0v) is 4.66. The molecule has 0 radical (unpaired) electrons. The average Bonchev–Trinajstić information content (AvgIpc) is 1.83. The molecule has 6 nitrogen and oxygen atoms in total. The summed E-state index contributed by atoms with van der Waals surface area (Å²) < 4.78 is 0. The van der Waals surface area contributed by atoms with Crippen LogP contribution in [0.4, 0.5) is 4.79 Å². The maximum Gasteiger partial charge on any atom is 0.312 e. The first-order chi connectivity index (χ1) is 4.16. The SMILES string of the molecule is NC(=O)NC/C(N)=N/O. The molecule has 0 atom stereocenters. The summed E-state index contributed by atoms with van der Waals surface area (Å²) in [5.41, 5.74) is 9.60. The molecule has 0 fully saturated rings. The molecule has 0 aliphatic rings. The third kappa shape index (κ3) is 4.39. The lowest BCUT2D eigenvalue weighted by molar-refractivity contribution is 0.250. The molecule has 0 aromatic rings. The van der Waals surface area contributed by atoms with E-state index in [9.17, 15) is 4.79 Å². The number of urea groups is 1. The van der Waals surface area contributed by atoms with E-state index in [1.807, 2.05) is 0 Å². The van der Waals surface area contributed by atoms with Gasteiger partial charge in [0.15, 0.2) is 5.84 Å². The highest BCUT2D eigenvalue weighted by Crippen LogP contribution is 1.61. The summed E-state index contributed by atoms with van der Waals surface area (Å²) in [6.07, 6.45) is 0. The van der Waals surface area contributed by atoms with Gasteiger partial charge in [-0.3, -0.25) is 0 Å². The van der Waals surface area contributed by atoms with Crippen LogP contribution < -0.4 is 16.8 Å². The van der Waals surface area contributed by atoms with E-state index in [4.69, 9.17) is 10.9 Å². The number of carbonyl (C=O) groups excluding carboxylic acids is 1. The van der Waals surface area contributed by atoms with Crippen molar-refractivity contribution in [1.82, 2.24) is 5.32 Å². The van der Waals surface area contributed by atoms with Gasteiger partial charge in [-0.25, -0.2) is 4.79 Å². The molecule has 0 saturated carbocycles. The van der Waals surface area contributed by atoms with E-state index in [1.165, 1.54) is 0 Å². The Morgan fingerprint density at radius 3 is 2.56 bits per heavy atom. The Balaban J connectivity index is 3.39. The molecule has 0 saturated heterocycles. The molecule has 0 unspecified atom stereocenters. The molecule has 6 heteroatoms. The standard InChI is InChI=1S/C3H8N4O2/c4-2(7-9)1-6-3(5)8/h9H,1H2,(H2,4,7)(H3,5,6,8). The van der Waals surface area contributed by atoms with Gasteiger partial charge in [0, 0.05) is 0 Å². The molecule has 2 amide bonds. The Morgan fingerprint density at radius 2 is 2.22 bits per heavy atom. The fourth-order valence-electron chi connectivity index (χ4n) is 0.213. The predicted molar refractivity (Wildman–Crippen MR) is 31.0 cm³/mol. The van der Waals surface area contributed by atoms with Crippen molar-refractivity contribution >= 4 is 11.9 Å². The van der Waals surface area contributed by atoms with Crippen LogP contribution in [0, 0.1) is 0 Å².